The lowest BCUT2D eigenvalue weighted by Crippen LogP contribution is -2.45. The quantitative estimate of drug-likeness (QED) is 0.831. The maximum Gasteiger partial charge on any atom is 0.223 e. The molecule has 1 atom stereocenters. The third kappa shape index (κ3) is 3.46. The molecule has 5 heteroatoms. The lowest BCUT2D eigenvalue weighted by atomic mass is 9.89. The molecule has 1 spiro atoms. The Morgan fingerprint density at radius 3 is 2.89 bits per heavy atom. The van der Waals surface area contributed by atoms with Gasteiger partial charge in [-0.1, -0.05) is 24.3 Å². The van der Waals surface area contributed by atoms with E-state index >= 15 is 0 Å². The molecular formula is C22H22FNO3. The molecule has 2 heterocycles. The Balaban J connectivity index is 1.40. The fourth-order valence-corrected chi connectivity index (χ4v) is 4.00. The van der Waals surface area contributed by atoms with Crippen LogP contribution in [0.5, 0.6) is 5.75 Å². The summed E-state index contributed by atoms with van der Waals surface area (Å²) in [6.07, 6.45) is 1.91. The first-order valence-corrected chi connectivity index (χ1v) is 9.30. The molecule has 0 radical (unpaired) electrons. The molecule has 1 saturated heterocycles. The van der Waals surface area contributed by atoms with Gasteiger partial charge < -0.3 is 9.64 Å². The van der Waals surface area contributed by atoms with E-state index in [1.54, 1.807) is 30.0 Å². The number of Topliss-reactive ketones (excluding diaryl/α,β-unsaturated/α-hetero) is 1. The zero-order valence-corrected chi connectivity index (χ0v) is 15.3. The average molecular weight is 367 g/mol. The Bertz CT molecular complexity index is 910. The van der Waals surface area contributed by atoms with Gasteiger partial charge in [0.2, 0.25) is 5.91 Å². The van der Waals surface area contributed by atoms with Gasteiger partial charge >= 0.3 is 0 Å². The first-order valence-electron chi connectivity index (χ1n) is 9.30. The van der Waals surface area contributed by atoms with Crippen molar-refractivity contribution in [1.29, 1.82) is 0 Å². The highest BCUT2D eigenvalue weighted by atomic mass is 19.1. The summed E-state index contributed by atoms with van der Waals surface area (Å²) in [6.45, 7) is 2.76. The number of hydrogen-bond acceptors (Lipinski definition) is 3. The van der Waals surface area contributed by atoms with Gasteiger partial charge in [0.25, 0.3) is 0 Å². The molecule has 0 aromatic heterocycles. The van der Waals surface area contributed by atoms with Gasteiger partial charge in [-0.15, -0.1) is 0 Å². The van der Waals surface area contributed by atoms with Gasteiger partial charge in [0.05, 0.1) is 18.5 Å². The predicted octanol–water partition coefficient (Wildman–Crippen LogP) is 3.70. The molecule has 4 rings (SSSR count). The van der Waals surface area contributed by atoms with Crippen molar-refractivity contribution in [3.05, 3.63) is 65.0 Å². The van der Waals surface area contributed by atoms with Crippen molar-refractivity contribution in [2.24, 2.45) is 0 Å². The summed E-state index contributed by atoms with van der Waals surface area (Å²) in [5.74, 6) is 0.507. The Morgan fingerprint density at radius 2 is 2.07 bits per heavy atom. The monoisotopic (exact) mass is 367 g/mol. The van der Waals surface area contributed by atoms with Crippen molar-refractivity contribution in [2.75, 3.05) is 13.1 Å². The number of hydrogen-bond donors (Lipinski definition) is 0. The first-order chi connectivity index (χ1) is 13.0. The largest absolute Gasteiger partial charge is 0.484 e. The summed E-state index contributed by atoms with van der Waals surface area (Å²) in [5.41, 5.74) is 1.56. The summed E-state index contributed by atoms with van der Waals surface area (Å²) >= 11 is 0. The third-order valence-electron chi connectivity index (χ3n) is 5.52. The number of ketones is 1. The smallest absolute Gasteiger partial charge is 0.223 e. The fraction of sp³-hybridized carbons (Fsp3) is 0.364. The minimum Gasteiger partial charge on any atom is -0.484 e. The van der Waals surface area contributed by atoms with Crippen LogP contribution in [0.3, 0.4) is 0 Å². The second kappa shape index (κ2) is 6.80. The first kappa shape index (κ1) is 17.7. The number of nitrogens with zero attached hydrogens (tertiary/aromatic N) is 1. The van der Waals surface area contributed by atoms with Crippen LogP contribution in [-0.2, 0) is 11.2 Å². The van der Waals surface area contributed by atoms with Crippen LogP contribution >= 0.6 is 0 Å². The van der Waals surface area contributed by atoms with Gasteiger partial charge in [-0.05, 0) is 42.7 Å². The van der Waals surface area contributed by atoms with Crippen molar-refractivity contribution in [1.82, 2.24) is 4.90 Å². The van der Waals surface area contributed by atoms with Crippen LogP contribution in [0.2, 0.25) is 0 Å². The third-order valence-corrected chi connectivity index (χ3v) is 5.52. The summed E-state index contributed by atoms with van der Waals surface area (Å²) in [4.78, 5) is 26.9. The predicted molar refractivity (Wildman–Crippen MR) is 99.4 cm³/mol. The summed E-state index contributed by atoms with van der Waals surface area (Å²) < 4.78 is 19.5. The fourth-order valence-electron chi connectivity index (χ4n) is 4.00. The molecule has 140 valence electrons. The van der Waals surface area contributed by atoms with Crippen molar-refractivity contribution in [2.45, 2.75) is 38.2 Å². The highest BCUT2D eigenvalue weighted by molar-refractivity contribution is 6.00. The number of carbonyl (C=O) groups excluding carboxylic acids is 2. The van der Waals surface area contributed by atoms with Crippen LogP contribution in [0.15, 0.2) is 42.5 Å². The number of amides is 1. The van der Waals surface area contributed by atoms with Gasteiger partial charge in [-0.2, -0.15) is 0 Å². The van der Waals surface area contributed by atoms with E-state index in [1.807, 2.05) is 18.2 Å². The second-order valence-corrected chi connectivity index (χ2v) is 7.53. The van der Waals surface area contributed by atoms with Crippen LogP contribution in [0.25, 0.3) is 0 Å². The normalized spacial score (nSPS) is 21.3. The molecule has 27 heavy (non-hydrogen) atoms. The van der Waals surface area contributed by atoms with E-state index in [0.717, 1.165) is 5.56 Å². The number of carbonyl (C=O) groups is 2. The number of rotatable bonds is 3. The Morgan fingerprint density at radius 1 is 1.26 bits per heavy atom. The van der Waals surface area contributed by atoms with E-state index in [-0.39, 0.29) is 17.5 Å². The second-order valence-electron chi connectivity index (χ2n) is 7.53. The van der Waals surface area contributed by atoms with Crippen LogP contribution < -0.4 is 4.74 Å². The van der Waals surface area contributed by atoms with Crippen molar-refractivity contribution in [3.8, 4) is 5.75 Å². The molecule has 4 nitrogen and oxygen atoms in total. The van der Waals surface area contributed by atoms with E-state index in [0.29, 0.717) is 55.6 Å². The van der Waals surface area contributed by atoms with Gasteiger partial charge in [0.15, 0.2) is 5.78 Å². The maximum atomic E-state index is 13.4. The minimum absolute atomic E-state index is 0.0451. The number of halogens is 1. The Hall–Kier alpha value is -2.69. The average Bonchev–Trinajstić information content (AvgIpc) is 3.05. The van der Waals surface area contributed by atoms with E-state index in [1.165, 1.54) is 6.07 Å². The van der Waals surface area contributed by atoms with Crippen LogP contribution in [0, 0.1) is 12.7 Å². The SMILES string of the molecule is Cc1cc(CCC(=O)N2CCC3(CC(=O)c4ccccc4O3)C2)ccc1F. The number of aryl methyl sites for hydroxylation is 2. The minimum atomic E-state index is -0.604. The van der Waals surface area contributed by atoms with Crippen LogP contribution in [0.1, 0.15) is 40.7 Å². The molecule has 2 aliphatic heterocycles. The van der Waals surface area contributed by atoms with E-state index < -0.39 is 5.60 Å². The molecule has 2 aromatic carbocycles. The number of likely N-dealkylation sites (tertiary alicyclic amines) is 1. The summed E-state index contributed by atoms with van der Waals surface area (Å²) in [5, 5.41) is 0. The van der Waals surface area contributed by atoms with E-state index in [9.17, 15) is 14.0 Å². The van der Waals surface area contributed by atoms with E-state index in [4.69, 9.17) is 4.74 Å². The molecule has 1 amide bonds. The van der Waals surface area contributed by atoms with Gasteiger partial charge in [0.1, 0.15) is 17.2 Å². The number of fused-ring (bicyclic) bond motifs is 1. The van der Waals surface area contributed by atoms with Gasteiger partial charge in [0, 0.05) is 19.4 Å². The summed E-state index contributed by atoms with van der Waals surface area (Å²) in [6, 6.07) is 12.2. The molecular weight excluding hydrogens is 345 g/mol. The van der Waals surface area contributed by atoms with Crippen molar-refractivity contribution in [3.63, 3.8) is 0 Å². The van der Waals surface area contributed by atoms with Crippen LogP contribution in [0.4, 0.5) is 4.39 Å². The Kier molecular flexibility index (Phi) is 4.46. The molecule has 2 aromatic rings. The summed E-state index contributed by atoms with van der Waals surface area (Å²) in [7, 11) is 0. The number of ether oxygens (including phenoxy) is 1. The van der Waals surface area contributed by atoms with Crippen LogP contribution in [-0.4, -0.2) is 35.3 Å². The molecule has 2 aliphatic rings. The van der Waals surface area contributed by atoms with E-state index in [2.05, 4.69) is 0 Å². The topological polar surface area (TPSA) is 46.6 Å². The van der Waals surface area contributed by atoms with Crippen molar-refractivity contribution >= 4 is 11.7 Å². The van der Waals surface area contributed by atoms with Crippen molar-refractivity contribution < 1.29 is 18.7 Å². The molecule has 1 unspecified atom stereocenters. The molecule has 1 fully saturated rings. The lowest BCUT2D eigenvalue weighted by molar-refractivity contribution is -0.130. The number of benzene rings is 2. The maximum absolute atomic E-state index is 13.4. The highest BCUT2D eigenvalue weighted by Crippen LogP contribution is 2.38. The molecule has 0 aliphatic carbocycles. The zero-order valence-electron chi connectivity index (χ0n) is 15.3. The molecule has 0 bridgehead atoms. The molecule has 0 saturated carbocycles. The highest BCUT2D eigenvalue weighted by Gasteiger charge is 2.46. The standard InChI is InChI=1S/C22H22FNO3/c1-15-12-16(6-8-18(15)23)7-9-21(26)24-11-10-22(14-24)13-19(25)17-4-2-3-5-20(17)27-22/h2-6,8,12H,7,9-11,13-14H2,1H3. The molecule has 0 N–H and O–H groups in total. The van der Waals surface area contributed by atoms with Gasteiger partial charge in [-0.25, -0.2) is 4.39 Å². The zero-order chi connectivity index (χ0) is 19.0. The lowest BCUT2D eigenvalue weighted by Gasteiger charge is -2.34. The van der Waals surface area contributed by atoms with Gasteiger partial charge in [-0.3, -0.25) is 9.59 Å². The Labute approximate surface area is 157 Å². The number of para-hydroxylation sites is 1.